The number of nitrogens with zero attached hydrogens (tertiary/aromatic N) is 1. The maximum absolute atomic E-state index is 13.4. The predicted octanol–water partition coefficient (Wildman–Crippen LogP) is 5.55. The van der Waals surface area contributed by atoms with Crippen molar-refractivity contribution in [2.24, 2.45) is 0 Å². The lowest BCUT2D eigenvalue weighted by atomic mass is 9.99. The minimum Gasteiger partial charge on any atom is -0.387 e. The summed E-state index contributed by atoms with van der Waals surface area (Å²) in [6.07, 6.45) is -10.5. The van der Waals surface area contributed by atoms with Crippen molar-refractivity contribution in [2.75, 3.05) is 11.9 Å². The first kappa shape index (κ1) is 22.1. The van der Waals surface area contributed by atoms with Crippen LogP contribution in [0.3, 0.4) is 0 Å². The van der Waals surface area contributed by atoms with Gasteiger partial charge in [-0.2, -0.15) is 26.3 Å². The molecule has 1 aliphatic rings. The second kappa shape index (κ2) is 7.77. The zero-order chi connectivity index (χ0) is 23.3. The van der Waals surface area contributed by atoms with Crippen molar-refractivity contribution >= 4 is 22.4 Å². The zero-order valence-electron chi connectivity index (χ0n) is 16.3. The molecule has 4 rings (SSSR count). The number of aliphatic hydroxyl groups excluding tert-OH is 1. The normalized spacial score (nSPS) is 15.2. The first-order valence-electron chi connectivity index (χ1n) is 9.61. The Kier molecular flexibility index (Phi) is 5.36. The fourth-order valence-electron chi connectivity index (χ4n) is 3.81. The summed E-state index contributed by atoms with van der Waals surface area (Å²) in [7, 11) is 0. The van der Waals surface area contributed by atoms with E-state index in [-0.39, 0.29) is 23.3 Å². The molecule has 3 aromatic rings. The first-order chi connectivity index (χ1) is 14.9. The van der Waals surface area contributed by atoms with E-state index in [2.05, 4.69) is 10.3 Å². The van der Waals surface area contributed by atoms with Gasteiger partial charge in [0.15, 0.2) is 5.78 Å². The van der Waals surface area contributed by atoms with Crippen molar-refractivity contribution < 1.29 is 36.2 Å². The Morgan fingerprint density at radius 1 is 1.00 bits per heavy atom. The first-order valence-corrected chi connectivity index (χ1v) is 9.61. The molecule has 0 saturated carbocycles. The van der Waals surface area contributed by atoms with Gasteiger partial charge in [-0.1, -0.05) is 12.1 Å². The summed E-state index contributed by atoms with van der Waals surface area (Å²) in [6, 6.07) is 8.39. The number of alkyl halides is 6. The third-order valence-corrected chi connectivity index (χ3v) is 5.35. The molecule has 0 fully saturated rings. The number of halogens is 6. The topological polar surface area (TPSA) is 62.2 Å². The van der Waals surface area contributed by atoms with E-state index in [4.69, 9.17) is 0 Å². The van der Waals surface area contributed by atoms with Crippen molar-refractivity contribution in [3.8, 4) is 0 Å². The van der Waals surface area contributed by atoms with Crippen LogP contribution < -0.4 is 5.32 Å². The van der Waals surface area contributed by atoms with Crippen LogP contribution in [-0.2, 0) is 18.8 Å². The van der Waals surface area contributed by atoms with Crippen molar-refractivity contribution in [1.82, 2.24) is 4.98 Å². The van der Waals surface area contributed by atoms with Gasteiger partial charge in [0.25, 0.3) is 0 Å². The molecular formula is C22H16F6N2O2. The molecule has 0 saturated heterocycles. The van der Waals surface area contributed by atoms with E-state index in [0.717, 1.165) is 11.6 Å². The van der Waals surface area contributed by atoms with Gasteiger partial charge in [-0.25, -0.2) is 4.98 Å². The van der Waals surface area contributed by atoms with Gasteiger partial charge >= 0.3 is 12.4 Å². The Hall–Kier alpha value is -3.14. The molecular weight excluding hydrogens is 438 g/mol. The van der Waals surface area contributed by atoms with Crippen LogP contribution in [0.1, 0.15) is 45.3 Å². The van der Waals surface area contributed by atoms with Crippen LogP contribution in [0, 0.1) is 0 Å². The molecule has 32 heavy (non-hydrogen) atoms. The van der Waals surface area contributed by atoms with E-state index in [1.54, 1.807) is 18.2 Å². The summed E-state index contributed by atoms with van der Waals surface area (Å²) in [4.78, 5) is 14.9. The molecule has 0 bridgehead atoms. The van der Waals surface area contributed by atoms with Gasteiger partial charge in [-0.15, -0.1) is 0 Å². The molecule has 0 spiro atoms. The van der Waals surface area contributed by atoms with Crippen LogP contribution in [0.25, 0.3) is 10.9 Å². The van der Waals surface area contributed by atoms with E-state index >= 15 is 0 Å². The lowest BCUT2D eigenvalue weighted by Gasteiger charge is -2.19. The molecule has 4 nitrogen and oxygen atoms in total. The van der Waals surface area contributed by atoms with E-state index in [1.807, 2.05) is 0 Å². The van der Waals surface area contributed by atoms with Crippen molar-refractivity contribution in [1.29, 1.82) is 0 Å². The maximum atomic E-state index is 13.4. The number of anilines is 1. The van der Waals surface area contributed by atoms with Crippen LogP contribution in [0.5, 0.6) is 0 Å². The van der Waals surface area contributed by atoms with Crippen molar-refractivity contribution in [3.63, 3.8) is 0 Å². The molecule has 0 aliphatic heterocycles. The van der Waals surface area contributed by atoms with Crippen molar-refractivity contribution in [2.45, 2.75) is 31.3 Å². The number of fused-ring (bicyclic) bond motifs is 2. The average molecular weight is 454 g/mol. The molecule has 1 atom stereocenters. The van der Waals surface area contributed by atoms with Gasteiger partial charge in [-0.3, -0.25) is 4.79 Å². The third-order valence-electron chi connectivity index (χ3n) is 5.35. The number of hydrogen-bond acceptors (Lipinski definition) is 4. The summed E-state index contributed by atoms with van der Waals surface area (Å²) in [5.74, 6) is 0.0231. The number of carbonyl (C=O) groups excluding carboxylic acids is 1. The SMILES string of the molecule is O=C1CCc2cc(NCC(O)c3cc(C(F)(F)F)nc4c(C(F)(F)F)cccc34)ccc21. The highest BCUT2D eigenvalue weighted by atomic mass is 19.4. The number of hydrogen-bond donors (Lipinski definition) is 2. The van der Waals surface area contributed by atoms with E-state index in [9.17, 15) is 36.2 Å². The third kappa shape index (κ3) is 4.14. The van der Waals surface area contributed by atoms with Crippen LogP contribution in [0.4, 0.5) is 32.0 Å². The highest BCUT2D eigenvalue weighted by Gasteiger charge is 2.38. The molecule has 168 valence electrons. The lowest BCUT2D eigenvalue weighted by molar-refractivity contribution is -0.142. The largest absolute Gasteiger partial charge is 0.433 e. The van der Waals surface area contributed by atoms with Gasteiger partial charge in [-0.05, 0) is 47.9 Å². The van der Waals surface area contributed by atoms with Gasteiger partial charge in [0, 0.05) is 29.6 Å². The quantitative estimate of drug-likeness (QED) is 0.508. The molecule has 1 aliphatic carbocycles. The number of rotatable bonds is 4. The Balaban J connectivity index is 1.70. The number of benzene rings is 2. The molecule has 10 heteroatoms. The standard InChI is InChI=1S/C22H16F6N2O2/c23-21(24,25)16-3-1-2-14-15(9-19(22(26,27)28)30-20(14)16)18(32)10-29-12-5-6-13-11(8-12)4-7-17(13)31/h1-3,5-6,8-9,18,29,32H,4,7,10H2. The molecule has 2 aromatic carbocycles. The smallest absolute Gasteiger partial charge is 0.387 e. The fourth-order valence-corrected chi connectivity index (χ4v) is 3.81. The second-order valence-electron chi connectivity index (χ2n) is 7.49. The van der Waals surface area contributed by atoms with Gasteiger partial charge < -0.3 is 10.4 Å². The summed E-state index contributed by atoms with van der Waals surface area (Å²) in [6.45, 7) is -0.264. The van der Waals surface area contributed by atoms with Crippen LogP contribution >= 0.6 is 0 Å². The minimum atomic E-state index is -5.00. The second-order valence-corrected chi connectivity index (χ2v) is 7.49. The fraction of sp³-hybridized carbons (Fsp3) is 0.273. The molecule has 1 aromatic heterocycles. The monoisotopic (exact) mass is 454 g/mol. The van der Waals surface area contributed by atoms with E-state index in [1.165, 1.54) is 6.07 Å². The lowest BCUT2D eigenvalue weighted by Crippen LogP contribution is -2.17. The van der Waals surface area contributed by atoms with Crippen LogP contribution in [-0.4, -0.2) is 22.4 Å². The van der Waals surface area contributed by atoms with Gasteiger partial charge in [0.1, 0.15) is 5.69 Å². The molecule has 0 amide bonds. The highest BCUT2D eigenvalue weighted by Crippen LogP contribution is 2.39. The number of aromatic nitrogens is 1. The Bertz CT molecular complexity index is 1200. The Labute approximate surface area is 177 Å². The number of aliphatic hydroxyl groups is 1. The van der Waals surface area contributed by atoms with Gasteiger partial charge in [0.2, 0.25) is 0 Å². The average Bonchev–Trinajstić information content (AvgIpc) is 3.09. The summed E-state index contributed by atoms with van der Waals surface area (Å²) >= 11 is 0. The predicted molar refractivity (Wildman–Crippen MR) is 104 cm³/mol. The highest BCUT2D eigenvalue weighted by molar-refractivity contribution is 6.00. The number of carbonyl (C=O) groups is 1. The van der Waals surface area contributed by atoms with Crippen LogP contribution in [0.2, 0.25) is 0 Å². The van der Waals surface area contributed by atoms with Crippen molar-refractivity contribution in [3.05, 3.63) is 70.4 Å². The molecule has 2 N–H and O–H groups in total. The molecule has 1 heterocycles. The molecule has 0 radical (unpaired) electrons. The summed E-state index contributed by atoms with van der Waals surface area (Å²) < 4.78 is 80.1. The number of ketones is 1. The Morgan fingerprint density at radius 3 is 2.44 bits per heavy atom. The number of aryl methyl sites for hydroxylation is 1. The van der Waals surface area contributed by atoms with Gasteiger partial charge in [0.05, 0.1) is 17.2 Å². The zero-order valence-corrected chi connectivity index (χ0v) is 16.3. The number of nitrogens with one attached hydrogen (secondary N) is 1. The summed E-state index contributed by atoms with van der Waals surface area (Å²) in [5, 5.41) is 13.3. The number of para-hydroxylation sites is 1. The van der Waals surface area contributed by atoms with E-state index in [0.29, 0.717) is 36.2 Å². The maximum Gasteiger partial charge on any atom is 0.433 e. The number of pyridine rings is 1. The summed E-state index contributed by atoms with van der Waals surface area (Å²) in [5.41, 5.74) is -2.08. The van der Waals surface area contributed by atoms with E-state index < -0.39 is 35.2 Å². The Morgan fingerprint density at radius 2 is 1.75 bits per heavy atom. The number of Topliss-reactive ketones (excluding diaryl/α,β-unsaturated/α-hetero) is 1. The van der Waals surface area contributed by atoms with Crippen LogP contribution in [0.15, 0.2) is 42.5 Å². The molecule has 1 unspecified atom stereocenters. The minimum absolute atomic E-state index is 0.0231.